The van der Waals surface area contributed by atoms with Gasteiger partial charge in [0.25, 0.3) is 0 Å². The quantitative estimate of drug-likeness (QED) is 0.430. The minimum Gasteiger partial charge on any atom is -0.465 e. The highest BCUT2D eigenvalue weighted by atomic mass is 35.6. The number of alkyl halides is 3. The number of aryl methyl sites for hydroxylation is 1. The van der Waals surface area contributed by atoms with E-state index in [-0.39, 0.29) is 13.2 Å². The topological polar surface area (TPSA) is 64.6 Å². The van der Waals surface area contributed by atoms with E-state index in [0.717, 1.165) is 5.56 Å². The lowest BCUT2D eigenvalue weighted by molar-refractivity contribution is -0.162. The van der Waals surface area contributed by atoms with Gasteiger partial charge in [-0.15, -0.1) is 0 Å². The zero-order chi connectivity index (χ0) is 18.3. The van der Waals surface area contributed by atoms with Gasteiger partial charge in [0.1, 0.15) is 0 Å². The van der Waals surface area contributed by atoms with E-state index in [4.69, 9.17) is 44.3 Å². The summed E-state index contributed by atoms with van der Waals surface area (Å²) >= 11 is 18.1. The van der Waals surface area contributed by atoms with Crippen LogP contribution in [0.5, 0.6) is 0 Å². The van der Waals surface area contributed by atoms with Crippen molar-refractivity contribution in [2.75, 3.05) is 18.5 Å². The van der Waals surface area contributed by atoms with E-state index in [1.165, 1.54) is 0 Å². The van der Waals surface area contributed by atoms with Gasteiger partial charge >= 0.3 is 11.9 Å². The second-order valence-electron chi connectivity index (χ2n) is 5.01. The number of halogens is 3. The van der Waals surface area contributed by atoms with Crippen molar-refractivity contribution in [1.29, 1.82) is 0 Å². The molecule has 0 heterocycles. The molecule has 0 fully saturated rings. The molecule has 24 heavy (non-hydrogen) atoms. The smallest absolute Gasteiger partial charge is 0.322 e. The van der Waals surface area contributed by atoms with Gasteiger partial charge in [-0.1, -0.05) is 46.9 Å². The summed E-state index contributed by atoms with van der Waals surface area (Å²) in [6.45, 7) is 5.32. The van der Waals surface area contributed by atoms with Crippen molar-refractivity contribution in [1.82, 2.24) is 0 Å². The molecule has 0 aliphatic rings. The number of carbonyl (C=O) groups excluding carboxylic acids is 2. The van der Waals surface area contributed by atoms with Crippen molar-refractivity contribution < 1.29 is 19.1 Å². The van der Waals surface area contributed by atoms with Crippen molar-refractivity contribution in [2.24, 2.45) is 5.92 Å². The number of benzene rings is 1. The molecule has 1 rings (SSSR count). The van der Waals surface area contributed by atoms with E-state index in [1.807, 2.05) is 13.0 Å². The Bertz CT molecular complexity index is 557. The number of ether oxygens (including phenoxy) is 2. The van der Waals surface area contributed by atoms with Crippen molar-refractivity contribution in [3.63, 3.8) is 0 Å². The second kappa shape index (κ2) is 9.35. The molecule has 1 aromatic rings. The molecule has 1 atom stereocenters. The molecule has 0 spiro atoms. The second-order valence-corrected chi connectivity index (χ2v) is 7.38. The van der Waals surface area contributed by atoms with Crippen LogP contribution in [0.3, 0.4) is 0 Å². The number of esters is 2. The van der Waals surface area contributed by atoms with Gasteiger partial charge in [-0.3, -0.25) is 9.59 Å². The Morgan fingerprint density at radius 2 is 1.67 bits per heavy atom. The maximum atomic E-state index is 12.3. The summed E-state index contributed by atoms with van der Waals surface area (Å²) in [5.74, 6) is -3.04. The molecule has 0 aliphatic carbocycles. The Hall–Kier alpha value is -1.17. The first-order chi connectivity index (χ1) is 11.2. The first kappa shape index (κ1) is 20.9. The lowest BCUT2D eigenvalue weighted by Crippen LogP contribution is -2.49. The summed E-state index contributed by atoms with van der Waals surface area (Å²) in [6.07, 6.45) is 0. The fraction of sp³-hybridized carbons (Fsp3) is 0.500. The first-order valence-corrected chi connectivity index (χ1v) is 8.57. The van der Waals surface area contributed by atoms with Crippen LogP contribution < -0.4 is 5.32 Å². The van der Waals surface area contributed by atoms with Crippen LogP contribution in [0, 0.1) is 12.8 Å². The molecule has 0 saturated heterocycles. The molecule has 0 bridgehead atoms. The van der Waals surface area contributed by atoms with Gasteiger partial charge in [-0.25, -0.2) is 0 Å². The third kappa shape index (κ3) is 6.04. The average molecular weight is 397 g/mol. The van der Waals surface area contributed by atoms with Crippen LogP contribution in [0.15, 0.2) is 24.3 Å². The van der Waals surface area contributed by atoms with Crippen molar-refractivity contribution >= 4 is 52.4 Å². The molecule has 1 aromatic carbocycles. The first-order valence-electron chi connectivity index (χ1n) is 7.43. The molecule has 0 saturated carbocycles. The maximum Gasteiger partial charge on any atom is 0.322 e. The summed E-state index contributed by atoms with van der Waals surface area (Å²) in [5.41, 5.74) is 1.57. The van der Waals surface area contributed by atoms with E-state index in [0.29, 0.717) is 5.69 Å². The molecular weight excluding hydrogens is 377 g/mol. The Balaban J connectivity index is 3.21. The van der Waals surface area contributed by atoms with Crippen molar-refractivity contribution in [3.05, 3.63) is 29.8 Å². The molecule has 0 aromatic heterocycles. The van der Waals surface area contributed by atoms with Crippen LogP contribution in [0.1, 0.15) is 19.4 Å². The van der Waals surface area contributed by atoms with E-state index in [1.54, 1.807) is 32.0 Å². The molecule has 5 nitrogen and oxygen atoms in total. The monoisotopic (exact) mass is 395 g/mol. The van der Waals surface area contributed by atoms with Gasteiger partial charge in [0.15, 0.2) is 5.92 Å². The molecule has 1 unspecified atom stereocenters. The molecule has 8 heteroatoms. The third-order valence-corrected chi connectivity index (χ3v) is 3.81. The average Bonchev–Trinajstić information content (AvgIpc) is 2.46. The maximum absolute atomic E-state index is 12.3. The standard InChI is InChI=1S/C16H20Cl3NO4/c1-4-23-14(21)12(15(22)24-5-2)13(16(17,18)19)20-11-8-6-7-10(3)9-11/h6-9,12-13,20H,4-5H2,1-3H3. The summed E-state index contributed by atoms with van der Waals surface area (Å²) in [4.78, 5) is 24.5. The number of nitrogens with one attached hydrogen (secondary N) is 1. The van der Waals surface area contributed by atoms with Gasteiger partial charge in [-0.05, 0) is 38.5 Å². The molecular formula is C16H20Cl3NO4. The predicted octanol–water partition coefficient (Wildman–Crippen LogP) is 3.89. The Labute approximate surface area is 156 Å². The van der Waals surface area contributed by atoms with Crippen LogP contribution in [0.25, 0.3) is 0 Å². The van der Waals surface area contributed by atoms with Gasteiger partial charge in [-0.2, -0.15) is 0 Å². The Morgan fingerprint density at radius 1 is 1.12 bits per heavy atom. The number of hydrogen-bond donors (Lipinski definition) is 1. The highest BCUT2D eigenvalue weighted by Gasteiger charge is 2.48. The fourth-order valence-electron chi connectivity index (χ4n) is 2.10. The molecule has 0 amide bonds. The molecule has 134 valence electrons. The van der Waals surface area contributed by atoms with Gasteiger partial charge < -0.3 is 14.8 Å². The van der Waals surface area contributed by atoms with E-state index in [9.17, 15) is 9.59 Å². The van der Waals surface area contributed by atoms with Crippen LogP contribution in [0.2, 0.25) is 0 Å². The largest absolute Gasteiger partial charge is 0.465 e. The number of carbonyl (C=O) groups is 2. The highest BCUT2D eigenvalue weighted by Crippen LogP contribution is 2.37. The highest BCUT2D eigenvalue weighted by molar-refractivity contribution is 6.68. The van der Waals surface area contributed by atoms with Crippen LogP contribution in [-0.2, 0) is 19.1 Å². The summed E-state index contributed by atoms with van der Waals surface area (Å²) in [5, 5.41) is 2.94. The van der Waals surface area contributed by atoms with Gasteiger partial charge in [0.05, 0.1) is 19.3 Å². The van der Waals surface area contributed by atoms with Crippen molar-refractivity contribution in [2.45, 2.75) is 30.6 Å². The van der Waals surface area contributed by atoms with Crippen molar-refractivity contribution in [3.8, 4) is 0 Å². The molecule has 1 N–H and O–H groups in total. The van der Waals surface area contributed by atoms with Crippen LogP contribution in [-0.4, -0.2) is 35.0 Å². The Kier molecular flexibility index (Phi) is 8.13. The van der Waals surface area contributed by atoms with Gasteiger partial charge in [0, 0.05) is 5.69 Å². The van der Waals surface area contributed by atoms with E-state index in [2.05, 4.69) is 5.32 Å². The summed E-state index contributed by atoms with van der Waals surface area (Å²) in [6, 6.07) is 6.07. The lowest BCUT2D eigenvalue weighted by Gasteiger charge is -2.31. The Morgan fingerprint density at radius 3 is 2.08 bits per heavy atom. The minimum absolute atomic E-state index is 0.0890. The third-order valence-electron chi connectivity index (χ3n) is 3.11. The van der Waals surface area contributed by atoms with Crippen LogP contribution >= 0.6 is 34.8 Å². The van der Waals surface area contributed by atoms with Gasteiger partial charge in [0.2, 0.25) is 3.79 Å². The zero-order valence-corrected chi connectivity index (χ0v) is 15.9. The number of anilines is 1. The summed E-state index contributed by atoms with van der Waals surface area (Å²) in [7, 11) is 0. The minimum atomic E-state index is -1.95. The lowest BCUT2D eigenvalue weighted by atomic mass is 10.00. The van der Waals surface area contributed by atoms with E-state index < -0.39 is 27.7 Å². The fourth-order valence-corrected chi connectivity index (χ4v) is 2.64. The van der Waals surface area contributed by atoms with E-state index >= 15 is 0 Å². The molecule has 0 aliphatic heterocycles. The predicted molar refractivity (Wildman–Crippen MR) is 95.6 cm³/mol. The molecule has 0 radical (unpaired) electrons. The summed E-state index contributed by atoms with van der Waals surface area (Å²) < 4.78 is 7.96. The normalized spacial score (nSPS) is 12.6. The van der Waals surface area contributed by atoms with Crippen LogP contribution in [0.4, 0.5) is 5.69 Å². The number of hydrogen-bond acceptors (Lipinski definition) is 5. The SMILES string of the molecule is CCOC(=O)C(C(=O)OCC)C(Nc1cccc(C)c1)C(Cl)(Cl)Cl. The zero-order valence-electron chi connectivity index (χ0n) is 13.6. The number of rotatable bonds is 7.